The Morgan fingerprint density at radius 1 is 1.26 bits per heavy atom. The molecule has 0 aromatic heterocycles. The quantitative estimate of drug-likeness (QED) is 0.576. The summed E-state index contributed by atoms with van der Waals surface area (Å²) in [7, 11) is 0. The van der Waals surface area contributed by atoms with E-state index in [0.717, 1.165) is 5.69 Å². The second-order valence-corrected chi connectivity index (χ2v) is 9.22. The van der Waals surface area contributed by atoms with Crippen molar-refractivity contribution in [3.8, 4) is 6.07 Å². The lowest BCUT2D eigenvalue weighted by atomic mass is 9.88. The second kappa shape index (κ2) is 10.2. The van der Waals surface area contributed by atoms with E-state index in [1.807, 2.05) is 35.2 Å². The number of anilines is 3. The molecule has 0 radical (unpaired) electrons. The van der Waals surface area contributed by atoms with Gasteiger partial charge in [-0.05, 0) is 42.3 Å². The molecule has 0 saturated carbocycles. The molecule has 8 nitrogen and oxygen atoms in total. The Morgan fingerprint density at radius 3 is 2.65 bits per heavy atom. The first-order chi connectivity index (χ1) is 16.4. The van der Waals surface area contributed by atoms with Crippen LogP contribution in [0.2, 0.25) is 0 Å². The number of hydrogen-bond acceptors (Lipinski definition) is 7. The fraction of sp³-hybridized carbons (Fsp3) is 0.375. The monoisotopic (exact) mass is 483 g/mol. The predicted octanol–water partition coefficient (Wildman–Crippen LogP) is 3.91. The minimum Gasteiger partial charge on any atom is -0.443 e. The van der Waals surface area contributed by atoms with Crippen molar-refractivity contribution in [3.05, 3.63) is 54.3 Å². The van der Waals surface area contributed by atoms with Gasteiger partial charge in [0.25, 0.3) is 0 Å². The number of hydrogen-bond donors (Lipinski definition) is 2. The van der Waals surface area contributed by atoms with Gasteiger partial charge in [0.15, 0.2) is 0 Å². The van der Waals surface area contributed by atoms with Crippen LogP contribution in [-0.2, 0) is 9.53 Å². The van der Waals surface area contributed by atoms with Gasteiger partial charge in [0, 0.05) is 38.5 Å². The van der Waals surface area contributed by atoms with Gasteiger partial charge < -0.3 is 19.7 Å². The SMILES string of the molecule is CC(=O)NSCC1CN(c2ccc(N3CCC(C#N)(Nc4ccccc4)CC3)c(F)c2)C(=O)O1. The van der Waals surface area contributed by atoms with E-state index in [-0.39, 0.29) is 12.5 Å². The predicted molar refractivity (Wildman–Crippen MR) is 130 cm³/mol. The number of nitrogens with zero attached hydrogens (tertiary/aromatic N) is 3. The molecule has 2 N–H and O–H groups in total. The molecule has 0 bridgehead atoms. The summed E-state index contributed by atoms with van der Waals surface area (Å²) >= 11 is 1.17. The number of benzene rings is 2. The third-order valence-corrected chi connectivity index (χ3v) is 6.90. The lowest BCUT2D eigenvalue weighted by Gasteiger charge is -2.39. The van der Waals surface area contributed by atoms with Crippen LogP contribution in [0.5, 0.6) is 0 Å². The van der Waals surface area contributed by atoms with Crippen LogP contribution in [0.3, 0.4) is 0 Å². The number of carbonyl (C=O) groups is 2. The van der Waals surface area contributed by atoms with Crippen LogP contribution in [0.25, 0.3) is 0 Å². The van der Waals surface area contributed by atoms with Gasteiger partial charge >= 0.3 is 6.09 Å². The maximum Gasteiger partial charge on any atom is 0.414 e. The lowest BCUT2D eigenvalue weighted by Crippen LogP contribution is -2.48. The van der Waals surface area contributed by atoms with Gasteiger partial charge in [-0.15, -0.1) is 0 Å². The highest BCUT2D eigenvalue weighted by atomic mass is 32.2. The molecule has 34 heavy (non-hydrogen) atoms. The summed E-state index contributed by atoms with van der Waals surface area (Å²) in [6.45, 7) is 2.74. The first kappa shape index (κ1) is 23.7. The fourth-order valence-electron chi connectivity index (χ4n) is 4.17. The first-order valence-corrected chi connectivity index (χ1v) is 12.0. The van der Waals surface area contributed by atoms with Crippen molar-refractivity contribution in [2.24, 2.45) is 0 Å². The minimum absolute atomic E-state index is 0.176. The standard InChI is InChI=1S/C24H26FN5O3S/c1-17(31)28-34-15-20-14-30(23(32)33-20)19-7-8-22(21(25)13-19)29-11-9-24(16-26,10-12-29)27-18-5-3-2-4-6-18/h2-8,13,20,27H,9-12,14-15H2,1H3,(H,28,31). The Bertz CT molecular complexity index is 1090. The van der Waals surface area contributed by atoms with E-state index in [1.165, 1.54) is 29.8 Å². The number of halogens is 1. The summed E-state index contributed by atoms with van der Waals surface area (Å²) in [6.07, 6.45) is 0.159. The lowest BCUT2D eigenvalue weighted by molar-refractivity contribution is -0.117. The topological polar surface area (TPSA) is 97.7 Å². The third kappa shape index (κ3) is 5.37. The van der Waals surface area contributed by atoms with E-state index in [4.69, 9.17) is 4.74 Å². The molecule has 0 aliphatic carbocycles. The number of ether oxygens (including phenoxy) is 1. The number of nitrogens with one attached hydrogen (secondary N) is 2. The number of rotatable bonds is 7. The third-order valence-electron chi connectivity index (χ3n) is 5.93. The molecule has 10 heteroatoms. The molecule has 2 aromatic rings. The smallest absolute Gasteiger partial charge is 0.414 e. The summed E-state index contributed by atoms with van der Waals surface area (Å²) in [5, 5.41) is 13.2. The number of cyclic esters (lactones) is 1. The van der Waals surface area contributed by atoms with Gasteiger partial charge in [-0.2, -0.15) is 5.26 Å². The van der Waals surface area contributed by atoms with Crippen LogP contribution in [0.15, 0.2) is 48.5 Å². The molecule has 2 aliphatic heterocycles. The van der Waals surface area contributed by atoms with Gasteiger partial charge in [0.2, 0.25) is 5.91 Å². The van der Waals surface area contributed by atoms with Crippen LogP contribution in [0, 0.1) is 17.1 Å². The molecule has 4 rings (SSSR count). The highest BCUT2D eigenvalue weighted by molar-refractivity contribution is 7.97. The molecule has 1 atom stereocenters. The van der Waals surface area contributed by atoms with Crippen LogP contribution in [0.1, 0.15) is 19.8 Å². The van der Waals surface area contributed by atoms with E-state index in [2.05, 4.69) is 16.1 Å². The summed E-state index contributed by atoms with van der Waals surface area (Å²) in [5.41, 5.74) is 1.06. The van der Waals surface area contributed by atoms with Crippen LogP contribution < -0.4 is 19.8 Å². The van der Waals surface area contributed by atoms with E-state index in [9.17, 15) is 14.9 Å². The fourth-order valence-corrected chi connectivity index (χ4v) is 4.81. The van der Waals surface area contributed by atoms with Crippen molar-refractivity contribution in [1.29, 1.82) is 5.26 Å². The summed E-state index contributed by atoms with van der Waals surface area (Å²) in [6, 6.07) is 16.7. The summed E-state index contributed by atoms with van der Waals surface area (Å²) in [5.74, 6) is -0.195. The zero-order valence-corrected chi connectivity index (χ0v) is 19.6. The molecule has 1 unspecified atom stereocenters. The molecule has 178 valence electrons. The van der Waals surface area contributed by atoms with E-state index < -0.39 is 23.6 Å². The Labute approximate surface area is 202 Å². The van der Waals surface area contributed by atoms with Gasteiger partial charge in [-0.1, -0.05) is 18.2 Å². The van der Waals surface area contributed by atoms with Crippen molar-refractivity contribution in [3.63, 3.8) is 0 Å². The number of para-hydroxylation sites is 1. The summed E-state index contributed by atoms with van der Waals surface area (Å²) in [4.78, 5) is 26.6. The van der Waals surface area contributed by atoms with Crippen molar-refractivity contribution < 1.29 is 18.7 Å². The van der Waals surface area contributed by atoms with Crippen LogP contribution >= 0.6 is 11.9 Å². The van der Waals surface area contributed by atoms with Crippen molar-refractivity contribution in [2.45, 2.75) is 31.4 Å². The average molecular weight is 484 g/mol. The zero-order valence-electron chi connectivity index (χ0n) is 18.8. The van der Waals surface area contributed by atoms with Crippen LogP contribution in [0.4, 0.5) is 26.2 Å². The molecule has 2 amide bonds. The maximum atomic E-state index is 15.1. The van der Waals surface area contributed by atoms with E-state index >= 15 is 4.39 Å². The maximum absolute atomic E-state index is 15.1. The van der Waals surface area contributed by atoms with Crippen LogP contribution in [-0.4, -0.2) is 49.0 Å². The summed E-state index contributed by atoms with van der Waals surface area (Å²) < 4.78 is 23.0. The van der Waals surface area contributed by atoms with Gasteiger partial charge in [0.05, 0.1) is 29.7 Å². The number of nitriles is 1. The Kier molecular flexibility index (Phi) is 7.12. The highest BCUT2D eigenvalue weighted by Gasteiger charge is 2.36. The average Bonchev–Trinajstić information content (AvgIpc) is 3.20. The highest BCUT2D eigenvalue weighted by Crippen LogP contribution is 2.33. The Balaban J connectivity index is 1.38. The Hall–Kier alpha value is -3.45. The van der Waals surface area contributed by atoms with Gasteiger partial charge in [-0.3, -0.25) is 9.69 Å². The number of amides is 2. The number of piperidine rings is 1. The van der Waals surface area contributed by atoms with E-state index in [1.54, 1.807) is 12.1 Å². The molecule has 2 aliphatic rings. The minimum atomic E-state index is -0.697. The van der Waals surface area contributed by atoms with E-state index in [0.29, 0.717) is 43.1 Å². The Morgan fingerprint density at radius 2 is 2.00 bits per heavy atom. The largest absolute Gasteiger partial charge is 0.443 e. The second-order valence-electron chi connectivity index (χ2n) is 8.39. The molecule has 2 saturated heterocycles. The molecule has 2 heterocycles. The van der Waals surface area contributed by atoms with Crippen molar-refractivity contribution in [2.75, 3.05) is 40.5 Å². The van der Waals surface area contributed by atoms with Gasteiger partial charge in [-0.25, -0.2) is 9.18 Å². The van der Waals surface area contributed by atoms with Crippen molar-refractivity contribution in [1.82, 2.24) is 4.72 Å². The molecule has 2 aromatic carbocycles. The number of carbonyl (C=O) groups excluding carboxylic acids is 2. The zero-order chi connectivity index (χ0) is 24.1. The molecule has 2 fully saturated rings. The normalized spacial score (nSPS) is 19.3. The molecular weight excluding hydrogens is 457 g/mol. The molecule has 0 spiro atoms. The first-order valence-electron chi connectivity index (χ1n) is 11.0. The molecular formula is C24H26FN5O3S. The van der Waals surface area contributed by atoms with Gasteiger partial charge in [0.1, 0.15) is 17.5 Å². The van der Waals surface area contributed by atoms with Crippen molar-refractivity contribution >= 4 is 41.0 Å².